The molecule has 0 unspecified atom stereocenters. The summed E-state index contributed by atoms with van der Waals surface area (Å²) in [6, 6.07) is 22.6. The molecule has 47 heavy (non-hydrogen) atoms. The number of carbonyl (C=O) groups excluding carboxylic acids is 1. The second-order valence-corrected chi connectivity index (χ2v) is 10.9. The Morgan fingerprint density at radius 1 is 1.04 bits per heavy atom. The van der Waals surface area contributed by atoms with E-state index in [-0.39, 0.29) is 35.3 Å². The van der Waals surface area contributed by atoms with Crippen molar-refractivity contribution < 1.29 is 23.6 Å². The molecule has 0 aliphatic heterocycles. The van der Waals surface area contributed by atoms with Crippen molar-refractivity contribution in [3.8, 4) is 23.1 Å². The predicted molar refractivity (Wildman–Crippen MR) is 179 cm³/mol. The van der Waals surface area contributed by atoms with Crippen molar-refractivity contribution in [3.63, 3.8) is 0 Å². The maximum Gasteiger partial charge on any atom is 0.315 e. The number of rotatable bonds is 10. The van der Waals surface area contributed by atoms with Gasteiger partial charge >= 0.3 is 5.69 Å². The quantitative estimate of drug-likeness (QED) is 0.0903. The summed E-state index contributed by atoms with van der Waals surface area (Å²) in [5.74, 6) is -0.446. The van der Waals surface area contributed by atoms with Gasteiger partial charge in [0.25, 0.3) is 11.5 Å². The van der Waals surface area contributed by atoms with Crippen molar-refractivity contribution in [3.05, 3.63) is 121 Å². The molecule has 6 aromatic rings. The number of para-hydroxylation sites is 1. The number of halogens is 2. The van der Waals surface area contributed by atoms with Gasteiger partial charge in [0.15, 0.2) is 18.1 Å². The van der Waals surface area contributed by atoms with Crippen LogP contribution in [0.5, 0.6) is 11.5 Å². The van der Waals surface area contributed by atoms with Gasteiger partial charge in [0.05, 0.1) is 28.6 Å². The Hall–Kier alpha value is -5.72. The van der Waals surface area contributed by atoms with Crippen LogP contribution in [0.25, 0.3) is 33.5 Å². The topological polar surface area (TPSA) is 151 Å². The van der Waals surface area contributed by atoms with Crippen molar-refractivity contribution in [2.75, 3.05) is 18.5 Å². The average molecular weight is 672 g/mol. The molecule has 0 fully saturated rings. The molecule has 2 aromatic heterocycles. The number of hydrogen-bond donors (Lipinski definition) is 1. The normalized spacial score (nSPS) is 11.3. The van der Waals surface area contributed by atoms with Crippen molar-refractivity contribution in [2.24, 2.45) is 5.10 Å². The van der Waals surface area contributed by atoms with E-state index >= 15 is 0 Å². The molecule has 0 spiro atoms. The molecule has 2 heterocycles. The average Bonchev–Trinajstić information content (AvgIpc) is 3.48. The standard InChI is InChI=1S/C33H23Cl2N5O7/c1-2-45-28-14-19(13-26(40(43)44)31(28)46-18-30(41)37-23-10-7-21(34)8-11-23)17-36-39-32(38-25-6-4-3-5-24(25)33(39)42)29-16-20-15-22(35)9-12-27(20)47-29/h3-17H,2,18H2,1H3,(H,37,41). The smallest absolute Gasteiger partial charge is 0.315 e. The zero-order chi connectivity index (χ0) is 33.1. The van der Waals surface area contributed by atoms with E-state index in [0.29, 0.717) is 37.6 Å². The first kappa shape index (κ1) is 31.3. The van der Waals surface area contributed by atoms with E-state index in [1.165, 1.54) is 18.3 Å². The van der Waals surface area contributed by atoms with Gasteiger partial charge in [-0.25, -0.2) is 4.98 Å². The van der Waals surface area contributed by atoms with Crippen molar-refractivity contribution in [1.82, 2.24) is 9.66 Å². The summed E-state index contributed by atoms with van der Waals surface area (Å²) < 4.78 is 18.3. The number of hydrogen-bond acceptors (Lipinski definition) is 9. The number of furan rings is 1. The maximum atomic E-state index is 13.7. The molecule has 6 rings (SSSR count). The number of nitro groups is 1. The summed E-state index contributed by atoms with van der Waals surface area (Å²) >= 11 is 12.0. The molecule has 0 atom stereocenters. The summed E-state index contributed by atoms with van der Waals surface area (Å²) in [6.45, 7) is 1.29. The Morgan fingerprint density at radius 2 is 1.81 bits per heavy atom. The second kappa shape index (κ2) is 13.3. The van der Waals surface area contributed by atoms with Gasteiger partial charge in [-0.05, 0) is 73.7 Å². The third-order valence-electron chi connectivity index (χ3n) is 6.80. The van der Waals surface area contributed by atoms with Crippen LogP contribution in [0.1, 0.15) is 12.5 Å². The number of nitrogens with zero attached hydrogens (tertiary/aromatic N) is 4. The van der Waals surface area contributed by atoms with Gasteiger partial charge in [-0.2, -0.15) is 9.78 Å². The van der Waals surface area contributed by atoms with E-state index in [4.69, 9.17) is 37.1 Å². The fourth-order valence-corrected chi connectivity index (χ4v) is 5.04. The molecule has 12 nitrogen and oxygen atoms in total. The molecule has 0 saturated carbocycles. The molecule has 4 aromatic carbocycles. The van der Waals surface area contributed by atoms with Crippen LogP contribution in [-0.4, -0.2) is 39.9 Å². The molecule has 1 amide bonds. The number of amides is 1. The summed E-state index contributed by atoms with van der Waals surface area (Å²) in [5.41, 5.74) is 0.658. The highest BCUT2D eigenvalue weighted by Crippen LogP contribution is 2.38. The predicted octanol–water partition coefficient (Wildman–Crippen LogP) is 7.32. The van der Waals surface area contributed by atoms with Crippen molar-refractivity contribution in [2.45, 2.75) is 6.92 Å². The summed E-state index contributed by atoms with van der Waals surface area (Å²) in [5, 5.41) is 21.2. The van der Waals surface area contributed by atoms with E-state index in [2.05, 4.69) is 15.4 Å². The largest absolute Gasteiger partial charge is 0.490 e. The van der Waals surface area contributed by atoms with E-state index in [0.717, 1.165) is 4.68 Å². The van der Waals surface area contributed by atoms with Crippen molar-refractivity contribution in [1.29, 1.82) is 0 Å². The highest BCUT2D eigenvalue weighted by atomic mass is 35.5. The second-order valence-electron chi connectivity index (χ2n) is 10.0. The van der Waals surface area contributed by atoms with Gasteiger partial charge in [-0.15, -0.1) is 0 Å². The first-order valence-electron chi connectivity index (χ1n) is 14.1. The van der Waals surface area contributed by atoms with Gasteiger partial charge in [0.1, 0.15) is 5.58 Å². The molecule has 1 N–H and O–H groups in total. The molecule has 0 bridgehead atoms. The third kappa shape index (κ3) is 6.78. The van der Waals surface area contributed by atoms with E-state index < -0.39 is 28.7 Å². The molecular weight excluding hydrogens is 649 g/mol. The number of carbonyl (C=O) groups is 1. The molecule has 14 heteroatoms. The lowest BCUT2D eigenvalue weighted by Crippen LogP contribution is -2.21. The Kier molecular flexibility index (Phi) is 8.87. The van der Waals surface area contributed by atoms with Crippen LogP contribution < -0.4 is 20.3 Å². The summed E-state index contributed by atoms with van der Waals surface area (Å²) in [4.78, 5) is 42.3. The van der Waals surface area contributed by atoms with Gasteiger partial charge in [-0.1, -0.05) is 35.3 Å². The van der Waals surface area contributed by atoms with Crippen LogP contribution >= 0.6 is 23.2 Å². The number of aromatic nitrogens is 2. The van der Waals surface area contributed by atoms with Crippen LogP contribution in [0.15, 0.2) is 99.2 Å². The Balaban J connectivity index is 1.37. The van der Waals surface area contributed by atoms with E-state index in [1.54, 1.807) is 79.7 Å². The fourth-order valence-electron chi connectivity index (χ4n) is 4.73. The molecular formula is C33H23Cl2N5O7. The number of nitro benzene ring substituents is 1. The van der Waals surface area contributed by atoms with Crippen LogP contribution in [0.2, 0.25) is 10.0 Å². The van der Waals surface area contributed by atoms with Crippen LogP contribution in [0.3, 0.4) is 0 Å². The minimum atomic E-state index is -0.666. The van der Waals surface area contributed by atoms with E-state index in [9.17, 15) is 19.7 Å². The number of benzene rings is 4. The summed E-state index contributed by atoms with van der Waals surface area (Å²) in [7, 11) is 0. The number of nitrogens with one attached hydrogen (secondary N) is 1. The first-order valence-corrected chi connectivity index (χ1v) is 14.8. The molecule has 0 aliphatic rings. The first-order chi connectivity index (χ1) is 22.7. The number of anilines is 1. The Labute approximate surface area is 275 Å². The van der Waals surface area contributed by atoms with Crippen molar-refractivity contribution >= 4 is 68.6 Å². The van der Waals surface area contributed by atoms with Crippen LogP contribution in [0, 0.1) is 10.1 Å². The van der Waals surface area contributed by atoms with E-state index in [1.807, 2.05) is 0 Å². The number of fused-ring (bicyclic) bond motifs is 2. The lowest BCUT2D eigenvalue weighted by molar-refractivity contribution is -0.385. The molecule has 0 aliphatic carbocycles. The minimum Gasteiger partial charge on any atom is -0.490 e. The number of ether oxygens (including phenoxy) is 2. The van der Waals surface area contributed by atoms with Crippen LogP contribution in [-0.2, 0) is 4.79 Å². The van der Waals surface area contributed by atoms with Gasteiger partial charge in [-0.3, -0.25) is 19.7 Å². The molecule has 0 radical (unpaired) electrons. The highest BCUT2D eigenvalue weighted by Gasteiger charge is 2.24. The Bertz CT molecular complexity index is 2250. The van der Waals surface area contributed by atoms with Gasteiger partial charge < -0.3 is 19.2 Å². The zero-order valence-electron chi connectivity index (χ0n) is 24.5. The SMILES string of the molecule is CCOc1cc(C=Nn2c(-c3cc4cc(Cl)ccc4o3)nc3ccccc3c2=O)cc([N+](=O)[O-])c1OCC(=O)Nc1ccc(Cl)cc1. The lowest BCUT2D eigenvalue weighted by atomic mass is 10.2. The monoisotopic (exact) mass is 671 g/mol. The Morgan fingerprint density at radius 3 is 2.57 bits per heavy atom. The maximum absolute atomic E-state index is 13.7. The molecule has 236 valence electrons. The van der Waals surface area contributed by atoms with Gasteiger partial charge in [0.2, 0.25) is 11.6 Å². The van der Waals surface area contributed by atoms with Gasteiger partial charge in [0, 0.05) is 32.7 Å². The van der Waals surface area contributed by atoms with Crippen LogP contribution in [0.4, 0.5) is 11.4 Å². The summed E-state index contributed by atoms with van der Waals surface area (Å²) in [6.07, 6.45) is 1.26. The lowest BCUT2D eigenvalue weighted by Gasteiger charge is -2.13. The highest BCUT2D eigenvalue weighted by molar-refractivity contribution is 6.31. The third-order valence-corrected chi connectivity index (χ3v) is 7.29. The minimum absolute atomic E-state index is 0.000752. The zero-order valence-corrected chi connectivity index (χ0v) is 26.0. The molecule has 0 saturated heterocycles. The fraction of sp³-hybridized carbons (Fsp3) is 0.0909.